The zero-order chi connectivity index (χ0) is 14.8. The van der Waals surface area contributed by atoms with Gasteiger partial charge in [0, 0.05) is 13.3 Å². The van der Waals surface area contributed by atoms with Gasteiger partial charge in [-0.05, 0) is 25.0 Å². The van der Waals surface area contributed by atoms with Crippen LogP contribution in [0.25, 0.3) is 0 Å². The lowest BCUT2D eigenvalue weighted by molar-refractivity contribution is -0.145. The maximum absolute atomic E-state index is 11.6. The van der Waals surface area contributed by atoms with E-state index in [1.807, 2.05) is 37.3 Å². The molecule has 0 saturated heterocycles. The Morgan fingerprint density at radius 2 is 1.75 bits per heavy atom. The second-order valence-corrected chi connectivity index (χ2v) is 4.50. The van der Waals surface area contributed by atoms with E-state index in [1.165, 1.54) is 6.92 Å². The lowest BCUT2D eigenvalue weighted by Gasteiger charge is -2.05. The van der Waals surface area contributed by atoms with E-state index in [0.29, 0.717) is 19.4 Å². The van der Waals surface area contributed by atoms with Crippen molar-refractivity contribution in [1.29, 1.82) is 0 Å². The molecule has 108 valence electrons. The molecule has 0 aromatic heterocycles. The van der Waals surface area contributed by atoms with Crippen LogP contribution in [0.3, 0.4) is 0 Å². The van der Waals surface area contributed by atoms with Gasteiger partial charge in [-0.25, -0.2) is 0 Å². The molecule has 0 aliphatic carbocycles. The molecule has 0 aliphatic heterocycles. The van der Waals surface area contributed by atoms with Gasteiger partial charge >= 0.3 is 11.9 Å². The van der Waals surface area contributed by atoms with E-state index in [2.05, 4.69) is 0 Å². The van der Waals surface area contributed by atoms with Gasteiger partial charge in [-0.15, -0.1) is 0 Å². The summed E-state index contributed by atoms with van der Waals surface area (Å²) in [6, 6.07) is 9.56. The molecule has 0 N–H and O–H groups in total. The fraction of sp³-hybridized carbons (Fsp3) is 0.375. The van der Waals surface area contributed by atoms with Gasteiger partial charge in [0.25, 0.3) is 0 Å². The van der Waals surface area contributed by atoms with Crippen molar-refractivity contribution >= 4 is 11.9 Å². The van der Waals surface area contributed by atoms with E-state index in [9.17, 15) is 9.59 Å². The highest BCUT2D eigenvalue weighted by atomic mass is 16.5. The maximum atomic E-state index is 11.6. The standard InChI is InChI=1S/C16H20O4/c1-13(10-11-19-14(2)17)8-9-16(18)20-12-15-6-4-3-5-7-15/h3-7,10H,8-9,11-12H2,1-2H3/b13-10+. The minimum absolute atomic E-state index is 0.228. The van der Waals surface area contributed by atoms with Gasteiger partial charge in [-0.2, -0.15) is 0 Å². The molecule has 1 rings (SSSR count). The zero-order valence-corrected chi connectivity index (χ0v) is 11.9. The van der Waals surface area contributed by atoms with E-state index in [4.69, 9.17) is 9.47 Å². The number of ether oxygens (including phenoxy) is 2. The molecule has 0 fully saturated rings. The van der Waals surface area contributed by atoms with Crippen molar-refractivity contribution in [3.05, 3.63) is 47.5 Å². The Morgan fingerprint density at radius 3 is 2.40 bits per heavy atom. The van der Waals surface area contributed by atoms with Crippen molar-refractivity contribution in [3.8, 4) is 0 Å². The summed E-state index contributed by atoms with van der Waals surface area (Å²) in [6.45, 7) is 3.81. The van der Waals surface area contributed by atoms with E-state index in [-0.39, 0.29) is 18.5 Å². The third kappa shape index (κ3) is 7.36. The van der Waals surface area contributed by atoms with Gasteiger partial charge in [0.1, 0.15) is 13.2 Å². The minimum Gasteiger partial charge on any atom is -0.462 e. The number of esters is 2. The van der Waals surface area contributed by atoms with Crippen LogP contribution in [-0.4, -0.2) is 18.5 Å². The van der Waals surface area contributed by atoms with Gasteiger partial charge < -0.3 is 9.47 Å². The average Bonchev–Trinajstić information content (AvgIpc) is 2.43. The van der Waals surface area contributed by atoms with Crippen LogP contribution >= 0.6 is 0 Å². The van der Waals surface area contributed by atoms with Gasteiger partial charge in [0.2, 0.25) is 0 Å². The van der Waals surface area contributed by atoms with Crippen LogP contribution in [0.4, 0.5) is 0 Å². The molecule has 0 atom stereocenters. The smallest absolute Gasteiger partial charge is 0.306 e. The van der Waals surface area contributed by atoms with Crippen LogP contribution in [-0.2, 0) is 25.7 Å². The second-order valence-electron chi connectivity index (χ2n) is 4.50. The molecule has 0 aliphatic rings. The minimum atomic E-state index is -0.309. The van der Waals surface area contributed by atoms with E-state index in [0.717, 1.165) is 11.1 Å². The molecule has 1 aromatic carbocycles. The lowest BCUT2D eigenvalue weighted by atomic mass is 10.1. The van der Waals surface area contributed by atoms with Crippen LogP contribution in [0.15, 0.2) is 42.0 Å². The fourth-order valence-corrected chi connectivity index (χ4v) is 1.51. The Morgan fingerprint density at radius 1 is 1.05 bits per heavy atom. The average molecular weight is 276 g/mol. The Balaban J connectivity index is 2.21. The summed E-state index contributed by atoms with van der Waals surface area (Å²) < 4.78 is 9.96. The highest BCUT2D eigenvalue weighted by molar-refractivity contribution is 5.69. The number of benzene rings is 1. The normalized spacial score (nSPS) is 11.0. The quantitative estimate of drug-likeness (QED) is 0.567. The van der Waals surface area contributed by atoms with Crippen LogP contribution in [0.5, 0.6) is 0 Å². The third-order valence-electron chi connectivity index (χ3n) is 2.68. The molecule has 0 radical (unpaired) electrons. The van der Waals surface area contributed by atoms with E-state index in [1.54, 1.807) is 6.08 Å². The second kappa shape index (κ2) is 8.91. The number of hydrogen-bond acceptors (Lipinski definition) is 4. The van der Waals surface area contributed by atoms with Crippen LogP contribution in [0, 0.1) is 0 Å². The van der Waals surface area contributed by atoms with Crippen molar-refractivity contribution < 1.29 is 19.1 Å². The first kappa shape index (κ1) is 16.0. The summed E-state index contributed by atoms with van der Waals surface area (Å²) in [5.41, 5.74) is 1.98. The predicted molar refractivity (Wildman–Crippen MR) is 75.9 cm³/mol. The monoisotopic (exact) mass is 276 g/mol. The van der Waals surface area contributed by atoms with Crippen molar-refractivity contribution in [1.82, 2.24) is 0 Å². The molecule has 4 heteroatoms. The fourth-order valence-electron chi connectivity index (χ4n) is 1.51. The summed E-state index contributed by atoms with van der Waals surface area (Å²) in [5, 5.41) is 0. The topological polar surface area (TPSA) is 52.6 Å². The summed E-state index contributed by atoms with van der Waals surface area (Å²) in [7, 11) is 0. The molecule has 0 unspecified atom stereocenters. The van der Waals surface area contributed by atoms with Gasteiger partial charge in [0.15, 0.2) is 0 Å². The molecule has 0 spiro atoms. The van der Waals surface area contributed by atoms with E-state index < -0.39 is 0 Å². The molecular formula is C16H20O4. The van der Waals surface area contributed by atoms with Crippen molar-refractivity contribution in [2.75, 3.05) is 6.61 Å². The Kier molecular flexibility index (Phi) is 7.11. The predicted octanol–water partition coefficient (Wildman–Crippen LogP) is 3.02. The number of carbonyl (C=O) groups excluding carboxylic acids is 2. The van der Waals surface area contributed by atoms with Crippen LogP contribution < -0.4 is 0 Å². The van der Waals surface area contributed by atoms with Gasteiger partial charge in [-0.3, -0.25) is 9.59 Å². The molecule has 1 aromatic rings. The molecule has 4 nitrogen and oxygen atoms in total. The Labute approximate surface area is 119 Å². The lowest BCUT2D eigenvalue weighted by Crippen LogP contribution is -2.05. The first-order valence-electron chi connectivity index (χ1n) is 6.56. The van der Waals surface area contributed by atoms with Crippen molar-refractivity contribution in [2.45, 2.75) is 33.3 Å². The Bertz CT molecular complexity index is 463. The molecule has 0 heterocycles. The summed E-state index contributed by atoms with van der Waals surface area (Å²) in [5.74, 6) is -0.537. The summed E-state index contributed by atoms with van der Waals surface area (Å²) >= 11 is 0. The maximum Gasteiger partial charge on any atom is 0.306 e. The third-order valence-corrected chi connectivity index (χ3v) is 2.68. The van der Waals surface area contributed by atoms with Crippen LogP contribution in [0.1, 0.15) is 32.3 Å². The number of carbonyl (C=O) groups is 2. The number of hydrogen-bond donors (Lipinski definition) is 0. The first-order valence-corrected chi connectivity index (χ1v) is 6.56. The molecule has 20 heavy (non-hydrogen) atoms. The zero-order valence-electron chi connectivity index (χ0n) is 11.9. The largest absolute Gasteiger partial charge is 0.462 e. The molecule has 0 amide bonds. The van der Waals surface area contributed by atoms with Crippen molar-refractivity contribution in [2.24, 2.45) is 0 Å². The number of allylic oxidation sites excluding steroid dienone is 1. The summed E-state index contributed by atoms with van der Waals surface area (Å²) in [6.07, 6.45) is 2.73. The first-order chi connectivity index (χ1) is 9.58. The molecule has 0 bridgehead atoms. The highest BCUT2D eigenvalue weighted by Gasteiger charge is 2.04. The van der Waals surface area contributed by atoms with Gasteiger partial charge in [0.05, 0.1) is 0 Å². The SMILES string of the molecule is CC(=O)OC/C=C(\C)CCC(=O)OCc1ccccc1. The highest BCUT2D eigenvalue weighted by Crippen LogP contribution is 2.07. The summed E-state index contributed by atoms with van der Waals surface area (Å²) in [4.78, 5) is 22.2. The molecular weight excluding hydrogens is 256 g/mol. The number of rotatable bonds is 7. The van der Waals surface area contributed by atoms with Crippen LogP contribution in [0.2, 0.25) is 0 Å². The molecule has 0 saturated carbocycles. The Hall–Kier alpha value is -2.10. The van der Waals surface area contributed by atoms with E-state index >= 15 is 0 Å². The van der Waals surface area contributed by atoms with Crippen molar-refractivity contribution in [3.63, 3.8) is 0 Å². The van der Waals surface area contributed by atoms with Gasteiger partial charge in [-0.1, -0.05) is 35.9 Å².